The lowest BCUT2D eigenvalue weighted by Crippen LogP contribution is -2.52. The molecule has 156 valence electrons. The van der Waals surface area contributed by atoms with E-state index in [1.54, 1.807) is 4.90 Å². The fraction of sp³-hybridized carbons (Fsp3) is 0.231. The number of carbonyl (C=O) groups is 2. The van der Waals surface area contributed by atoms with E-state index in [2.05, 4.69) is 5.32 Å². The van der Waals surface area contributed by atoms with Crippen LogP contribution in [0.25, 0.3) is 0 Å². The van der Waals surface area contributed by atoms with Gasteiger partial charge in [0.1, 0.15) is 5.75 Å². The molecule has 1 fully saturated rings. The highest BCUT2D eigenvalue weighted by atomic mass is 16.5. The molecule has 5 heteroatoms. The van der Waals surface area contributed by atoms with E-state index in [4.69, 9.17) is 4.74 Å². The summed E-state index contributed by atoms with van der Waals surface area (Å²) in [7, 11) is 0. The Morgan fingerprint density at radius 3 is 2.26 bits per heavy atom. The van der Waals surface area contributed by atoms with Crippen LogP contribution < -0.4 is 15.0 Å². The number of anilines is 1. The Labute approximate surface area is 181 Å². The normalized spacial score (nSPS) is 18.5. The lowest BCUT2D eigenvalue weighted by atomic mass is 9.93. The van der Waals surface area contributed by atoms with Crippen molar-refractivity contribution in [3.63, 3.8) is 0 Å². The van der Waals surface area contributed by atoms with Crippen molar-refractivity contribution in [1.29, 1.82) is 0 Å². The average molecular weight is 412 g/mol. The molecule has 2 aliphatic rings. The van der Waals surface area contributed by atoms with Crippen LogP contribution in [0.5, 0.6) is 5.75 Å². The molecule has 1 saturated carbocycles. The first kappa shape index (κ1) is 19.4. The average Bonchev–Trinajstić information content (AvgIpc) is 3.65. The number of nitrogens with zero attached hydrogens (tertiary/aromatic N) is 1. The van der Waals surface area contributed by atoms with Gasteiger partial charge >= 0.3 is 0 Å². The van der Waals surface area contributed by atoms with Crippen molar-refractivity contribution in [3.8, 4) is 5.75 Å². The Hall–Kier alpha value is -3.60. The molecule has 0 saturated heterocycles. The summed E-state index contributed by atoms with van der Waals surface area (Å²) in [6, 6.07) is 27.1. The third-order valence-corrected chi connectivity index (χ3v) is 6.11. The topological polar surface area (TPSA) is 58.6 Å². The van der Waals surface area contributed by atoms with E-state index in [0.717, 1.165) is 29.7 Å². The van der Waals surface area contributed by atoms with Gasteiger partial charge < -0.3 is 15.0 Å². The third-order valence-electron chi connectivity index (χ3n) is 6.11. The molecule has 0 radical (unpaired) electrons. The van der Waals surface area contributed by atoms with E-state index in [0.29, 0.717) is 12.3 Å². The highest BCUT2D eigenvalue weighted by molar-refractivity contribution is 6.05. The van der Waals surface area contributed by atoms with Crippen LogP contribution in [-0.2, 0) is 21.5 Å². The van der Waals surface area contributed by atoms with E-state index in [-0.39, 0.29) is 18.4 Å². The molecule has 3 aromatic rings. The van der Waals surface area contributed by atoms with E-state index in [1.165, 1.54) is 0 Å². The summed E-state index contributed by atoms with van der Waals surface area (Å²) in [5.41, 5.74) is 2.27. The third kappa shape index (κ3) is 3.67. The second-order valence-corrected chi connectivity index (χ2v) is 8.14. The molecule has 1 N–H and O–H groups in total. The Morgan fingerprint density at radius 2 is 1.55 bits per heavy atom. The quantitative estimate of drug-likeness (QED) is 0.693. The van der Waals surface area contributed by atoms with Gasteiger partial charge in [-0.15, -0.1) is 0 Å². The van der Waals surface area contributed by atoms with Gasteiger partial charge in [0.15, 0.2) is 6.10 Å². The van der Waals surface area contributed by atoms with E-state index in [9.17, 15) is 9.59 Å². The van der Waals surface area contributed by atoms with Crippen LogP contribution in [-0.4, -0.2) is 24.5 Å². The predicted molar refractivity (Wildman–Crippen MR) is 119 cm³/mol. The van der Waals surface area contributed by atoms with Gasteiger partial charge in [-0.05, 0) is 36.1 Å². The van der Waals surface area contributed by atoms with E-state index >= 15 is 0 Å². The highest BCUT2D eigenvalue weighted by Crippen LogP contribution is 2.51. The van der Waals surface area contributed by atoms with Gasteiger partial charge in [-0.25, -0.2) is 0 Å². The van der Waals surface area contributed by atoms with Crippen LogP contribution in [0.2, 0.25) is 0 Å². The summed E-state index contributed by atoms with van der Waals surface area (Å²) in [4.78, 5) is 28.4. The number of ether oxygens (including phenoxy) is 1. The van der Waals surface area contributed by atoms with Crippen LogP contribution in [0.15, 0.2) is 84.9 Å². The summed E-state index contributed by atoms with van der Waals surface area (Å²) < 4.78 is 6.00. The molecular weight excluding hydrogens is 388 g/mol. The van der Waals surface area contributed by atoms with Gasteiger partial charge in [-0.2, -0.15) is 0 Å². The zero-order valence-electron chi connectivity index (χ0n) is 17.2. The Kier molecular flexibility index (Phi) is 4.94. The number of nitrogens with one attached hydrogen (secondary N) is 1. The summed E-state index contributed by atoms with van der Waals surface area (Å²) in [5, 5.41) is 2.94. The smallest absolute Gasteiger partial charge is 0.263 e. The molecule has 2 amide bonds. The Bertz CT molecular complexity index is 1090. The van der Waals surface area contributed by atoms with Crippen molar-refractivity contribution in [1.82, 2.24) is 5.32 Å². The summed E-state index contributed by atoms with van der Waals surface area (Å²) in [5.74, 6) is 0.377. The number of rotatable bonds is 5. The Balaban J connectivity index is 1.38. The number of para-hydroxylation sites is 2. The number of hydrogen-bond donors (Lipinski definition) is 1. The number of fused-ring (bicyclic) bond motifs is 1. The van der Waals surface area contributed by atoms with Crippen molar-refractivity contribution in [2.75, 3.05) is 11.4 Å². The van der Waals surface area contributed by atoms with E-state index < -0.39 is 11.5 Å². The zero-order valence-corrected chi connectivity index (χ0v) is 17.2. The highest BCUT2D eigenvalue weighted by Gasteiger charge is 2.54. The lowest BCUT2D eigenvalue weighted by molar-refractivity contribution is -0.128. The summed E-state index contributed by atoms with van der Waals surface area (Å²) in [6.07, 6.45) is 0.884. The Morgan fingerprint density at radius 1 is 0.903 bits per heavy atom. The standard InChI is InChI=1S/C26H24N2O3/c29-24(27-17-19-9-3-1-4-10-19)23-18-28(21-13-7-8-14-22(21)31-23)25(30)26(15-16-26)20-11-5-2-6-12-20/h1-14,23H,15-18H2,(H,27,29)/t23-/m1/s1. The fourth-order valence-electron chi connectivity index (χ4n) is 4.23. The van der Waals surface area contributed by atoms with Crippen molar-refractivity contribution >= 4 is 17.5 Å². The number of amides is 2. The number of hydrogen-bond acceptors (Lipinski definition) is 3. The molecule has 0 bridgehead atoms. The first-order chi connectivity index (χ1) is 15.2. The minimum atomic E-state index is -0.755. The first-order valence-corrected chi connectivity index (χ1v) is 10.6. The summed E-state index contributed by atoms with van der Waals surface area (Å²) >= 11 is 0. The molecule has 31 heavy (non-hydrogen) atoms. The van der Waals surface area contributed by atoms with Gasteiger partial charge in [-0.3, -0.25) is 9.59 Å². The molecule has 0 unspecified atom stereocenters. The monoisotopic (exact) mass is 412 g/mol. The maximum atomic E-state index is 13.7. The van der Waals surface area contributed by atoms with Crippen LogP contribution in [0.3, 0.4) is 0 Å². The summed E-state index contributed by atoms with van der Waals surface area (Å²) in [6.45, 7) is 0.619. The van der Waals surface area contributed by atoms with Crippen molar-refractivity contribution < 1.29 is 14.3 Å². The molecule has 1 atom stereocenters. The molecular formula is C26H24N2O3. The first-order valence-electron chi connectivity index (χ1n) is 10.6. The molecule has 1 aliphatic heterocycles. The molecule has 5 rings (SSSR count). The number of benzene rings is 3. The van der Waals surface area contributed by atoms with Gasteiger partial charge in [-0.1, -0.05) is 72.8 Å². The van der Waals surface area contributed by atoms with Gasteiger partial charge in [0.25, 0.3) is 5.91 Å². The molecule has 1 aliphatic carbocycles. The molecule has 3 aromatic carbocycles. The van der Waals surface area contributed by atoms with Crippen molar-refractivity contribution in [2.24, 2.45) is 0 Å². The SMILES string of the molecule is O=C(NCc1ccccc1)[C@H]1CN(C(=O)C2(c3ccccc3)CC2)c2ccccc2O1. The minimum Gasteiger partial charge on any atom is -0.477 e. The predicted octanol–water partition coefficient (Wildman–Crippen LogP) is 3.83. The van der Waals surface area contributed by atoms with Crippen LogP contribution in [0.4, 0.5) is 5.69 Å². The second-order valence-electron chi connectivity index (χ2n) is 8.14. The molecule has 1 heterocycles. The van der Waals surface area contributed by atoms with Crippen LogP contribution in [0, 0.1) is 0 Å². The van der Waals surface area contributed by atoms with Crippen LogP contribution in [0.1, 0.15) is 24.0 Å². The van der Waals surface area contributed by atoms with Gasteiger partial charge in [0.05, 0.1) is 17.6 Å². The lowest BCUT2D eigenvalue weighted by Gasteiger charge is -2.36. The van der Waals surface area contributed by atoms with Crippen molar-refractivity contribution in [3.05, 3.63) is 96.1 Å². The minimum absolute atomic E-state index is 0.0373. The number of carbonyl (C=O) groups excluding carboxylic acids is 2. The molecule has 5 nitrogen and oxygen atoms in total. The molecule has 0 spiro atoms. The van der Waals surface area contributed by atoms with Crippen molar-refractivity contribution in [2.45, 2.75) is 30.9 Å². The van der Waals surface area contributed by atoms with Gasteiger partial charge in [0, 0.05) is 6.54 Å². The van der Waals surface area contributed by atoms with E-state index in [1.807, 2.05) is 84.9 Å². The zero-order chi connectivity index (χ0) is 21.3. The molecule has 0 aromatic heterocycles. The largest absolute Gasteiger partial charge is 0.477 e. The second kappa shape index (κ2) is 7.91. The van der Waals surface area contributed by atoms with Crippen LogP contribution >= 0.6 is 0 Å². The maximum absolute atomic E-state index is 13.7. The fourth-order valence-corrected chi connectivity index (χ4v) is 4.23. The van der Waals surface area contributed by atoms with Gasteiger partial charge in [0.2, 0.25) is 5.91 Å². The maximum Gasteiger partial charge on any atom is 0.263 e.